The predicted octanol–water partition coefficient (Wildman–Crippen LogP) is 4.13. The van der Waals surface area contributed by atoms with Crippen LogP contribution in [0.3, 0.4) is 0 Å². The molecular weight excluding hydrogens is 200 g/mol. The molecule has 0 unspecified atom stereocenters. The fourth-order valence-electron chi connectivity index (χ4n) is 2.25. The second kappa shape index (κ2) is 8.08. The number of ether oxygens (including phenoxy) is 2. The van der Waals surface area contributed by atoms with Gasteiger partial charge >= 0.3 is 0 Å². The smallest absolute Gasteiger partial charge is 0.158 e. The molecule has 1 fully saturated rings. The summed E-state index contributed by atoms with van der Waals surface area (Å²) in [6, 6.07) is 0. The monoisotopic (exact) mass is 228 g/mol. The Morgan fingerprint density at radius 1 is 1.12 bits per heavy atom. The van der Waals surface area contributed by atoms with Gasteiger partial charge in [-0.05, 0) is 18.8 Å². The predicted molar refractivity (Wildman–Crippen MR) is 67.4 cm³/mol. The summed E-state index contributed by atoms with van der Waals surface area (Å²) in [4.78, 5) is 0. The Bertz CT molecular complexity index is 170. The average molecular weight is 228 g/mol. The van der Waals surface area contributed by atoms with Crippen molar-refractivity contribution in [2.24, 2.45) is 5.92 Å². The fraction of sp³-hybridized carbons (Fsp3) is 1.00. The third kappa shape index (κ3) is 4.84. The third-order valence-corrected chi connectivity index (χ3v) is 3.42. The van der Waals surface area contributed by atoms with E-state index >= 15 is 0 Å². The highest BCUT2D eigenvalue weighted by atomic mass is 16.7. The van der Waals surface area contributed by atoms with Crippen LogP contribution in [0.25, 0.3) is 0 Å². The molecule has 1 rings (SSSR count). The summed E-state index contributed by atoms with van der Waals surface area (Å²) < 4.78 is 11.7. The van der Waals surface area contributed by atoms with Crippen LogP contribution in [0.5, 0.6) is 0 Å². The molecule has 0 aromatic carbocycles. The van der Waals surface area contributed by atoms with E-state index in [-0.39, 0.29) is 6.29 Å². The molecule has 1 aliphatic rings. The molecule has 16 heavy (non-hydrogen) atoms. The highest BCUT2D eigenvalue weighted by Gasteiger charge is 2.31. The van der Waals surface area contributed by atoms with E-state index < -0.39 is 0 Å². The van der Waals surface area contributed by atoms with Crippen LogP contribution in [-0.4, -0.2) is 19.0 Å². The molecule has 1 saturated heterocycles. The Kier molecular flexibility index (Phi) is 7.06. The summed E-state index contributed by atoms with van der Waals surface area (Å²) in [5.41, 5.74) is 0. The molecule has 1 heterocycles. The third-order valence-electron chi connectivity index (χ3n) is 3.42. The first-order chi connectivity index (χ1) is 7.77. The standard InChI is InChI=1S/C14H28O2/c1-4-6-8-9-13-12(3)11-14(16-13)15-10-7-5-2/h12-14H,4-11H2,1-3H3/t12-,13+,14-/m1/s1. The molecule has 2 heteroatoms. The van der Waals surface area contributed by atoms with E-state index in [0.717, 1.165) is 19.4 Å². The molecule has 0 amide bonds. The maximum atomic E-state index is 5.94. The quantitative estimate of drug-likeness (QED) is 0.581. The Labute approximate surface area is 101 Å². The van der Waals surface area contributed by atoms with Gasteiger partial charge in [0.2, 0.25) is 0 Å². The number of rotatable bonds is 8. The van der Waals surface area contributed by atoms with Crippen LogP contribution in [-0.2, 0) is 9.47 Å². The zero-order valence-corrected chi connectivity index (χ0v) is 11.2. The van der Waals surface area contributed by atoms with Gasteiger partial charge in [-0.15, -0.1) is 0 Å². The molecule has 0 bridgehead atoms. The zero-order valence-electron chi connectivity index (χ0n) is 11.2. The van der Waals surface area contributed by atoms with Gasteiger partial charge in [-0.2, -0.15) is 0 Å². The highest BCUT2D eigenvalue weighted by molar-refractivity contribution is 4.75. The van der Waals surface area contributed by atoms with E-state index in [1.165, 1.54) is 32.1 Å². The maximum Gasteiger partial charge on any atom is 0.158 e. The van der Waals surface area contributed by atoms with Gasteiger partial charge in [0.15, 0.2) is 6.29 Å². The molecule has 0 spiro atoms. The van der Waals surface area contributed by atoms with Crippen LogP contribution in [0.4, 0.5) is 0 Å². The Morgan fingerprint density at radius 3 is 2.56 bits per heavy atom. The van der Waals surface area contributed by atoms with Gasteiger partial charge < -0.3 is 9.47 Å². The summed E-state index contributed by atoms with van der Waals surface area (Å²) >= 11 is 0. The SMILES string of the molecule is CCCCC[C@@H]1O[C@@H](OCCCC)C[C@H]1C. The van der Waals surface area contributed by atoms with Gasteiger partial charge in [0.05, 0.1) is 6.10 Å². The van der Waals surface area contributed by atoms with E-state index in [2.05, 4.69) is 20.8 Å². The van der Waals surface area contributed by atoms with E-state index in [9.17, 15) is 0 Å². The van der Waals surface area contributed by atoms with Gasteiger partial charge in [-0.1, -0.05) is 46.5 Å². The van der Waals surface area contributed by atoms with E-state index in [0.29, 0.717) is 12.0 Å². The van der Waals surface area contributed by atoms with Gasteiger partial charge in [0.25, 0.3) is 0 Å². The van der Waals surface area contributed by atoms with Crippen molar-refractivity contribution in [2.75, 3.05) is 6.61 Å². The molecule has 3 atom stereocenters. The van der Waals surface area contributed by atoms with E-state index in [4.69, 9.17) is 9.47 Å². The summed E-state index contributed by atoms with van der Waals surface area (Å²) in [7, 11) is 0. The molecular formula is C14H28O2. The van der Waals surface area contributed by atoms with Crippen molar-refractivity contribution in [3.05, 3.63) is 0 Å². The number of hydrogen-bond donors (Lipinski definition) is 0. The lowest BCUT2D eigenvalue weighted by Gasteiger charge is -2.15. The summed E-state index contributed by atoms with van der Waals surface area (Å²) in [5, 5.41) is 0. The summed E-state index contributed by atoms with van der Waals surface area (Å²) in [5.74, 6) is 0.670. The number of hydrogen-bond acceptors (Lipinski definition) is 2. The van der Waals surface area contributed by atoms with Crippen molar-refractivity contribution in [3.8, 4) is 0 Å². The second-order valence-electron chi connectivity index (χ2n) is 5.04. The topological polar surface area (TPSA) is 18.5 Å². The number of unbranched alkanes of at least 4 members (excludes halogenated alkanes) is 3. The molecule has 0 radical (unpaired) electrons. The Hall–Kier alpha value is -0.0800. The van der Waals surface area contributed by atoms with Gasteiger partial charge in [0.1, 0.15) is 0 Å². The average Bonchev–Trinajstić information content (AvgIpc) is 2.61. The maximum absolute atomic E-state index is 5.94. The van der Waals surface area contributed by atoms with Crippen LogP contribution in [0.2, 0.25) is 0 Å². The van der Waals surface area contributed by atoms with Crippen LogP contribution in [0.15, 0.2) is 0 Å². The van der Waals surface area contributed by atoms with Crippen LogP contribution >= 0.6 is 0 Å². The second-order valence-corrected chi connectivity index (χ2v) is 5.04. The van der Waals surface area contributed by atoms with Crippen molar-refractivity contribution in [3.63, 3.8) is 0 Å². The van der Waals surface area contributed by atoms with Gasteiger partial charge in [-0.3, -0.25) is 0 Å². The molecule has 0 aromatic heterocycles. The first-order valence-corrected chi connectivity index (χ1v) is 7.05. The van der Waals surface area contributed by atoms with Gasteiger partial charge in [0, 0.05) is 13.0 Å². The van der Waals surface area contributed by atoms with Crippen molar-refractivity contribution in [1.82, 2.24) is 0 Å². The van der Waals surface area contributed by atoms with Crippen LogP contribution in [0.1, 0.15) is 65.7 Å². The van der Waals surface area contributed by atoms with Crippen molar-refractivity contribution < 1.29 is 9.47 Å². The first kappa shape index (κ1) is 14.0. The zero-order chi connectivity index (χ0) is 11.8. The van der Waals surface area contributed by atoms with Crippen LogP contribution < -0.4 is 0 Å². The van der Waals surface area contributed by atoms with Crippen LogP contribution in [0, 0.1) is 5.92 Å². The van der Waals surface area contributed by atoms with E-state index in [1.54, 1.807) is 0 Å². The lowest BCUT2D eigenvalue weighted by atomic mass is 9.99. The molecule has 2 nitrogen and oxygen atoms in total. The van der Waals surface area contributed by atoms with Crippen molar-refractivity contribution in [1.29, 1.82) is 0 Å². The molecule has 96 valence electrons. The fourth-order valence-corrected chi connectivity index (χ4v) is 2.25. The molecule has 0 N–H and O–H groups in total. The Morgan fingerprint density at radius 2 is 1.88 bits per heavy atom. The minimum absolute atomic E-state index is 0.0770. The van der Waals surface area contributed by atoms with Crippen molar-refractivity contribution >= 4 is 0 Å². The Balaban J connectivity index is 2.14. The molecule has 0 aromatic rings. The first-order valence-electron chi connectivity index (χ1n) is 7.05. The molecule has 1 aliphatic heterocycles. The minimum Gasteiger partial charge on any atom is -0.353 e. The molecule has 0 saturated carbocycles. The largest absolute Gasteiger partial charge is 0.353 e. The highest BCUT2D eigenvalue weighted by Crippen LogP contribution is 2.30. The molecule has 0 aliphatic carbocycles. The lowest BCUT2D eigenvalue weighted by Crippen LogP contribution is -2.16. The van der Waals surface area contributed by atoms with Gasteiger partial charge in [-0.25, -0.2) is 0 Å². The minimum atomic E-state index is 0.0770. The summed E-state index contributed by atoms with van der Waals surface area (Å²) in [6.07, 6.45) is 9.07. The van der Waals surface area contributed by atoms with E-state index in [1.807, 2.05) is 0 Å². The normalized spacial score (nSPS) is 29.8. The summed E-state index contributed by atoms with van der Waals surface area (Å²) in [6.45, 7) is 7.58. The lowest BCUT2D eigenvalue weighted by molar-refractivity contribution is -0.135. The van der Waals surface area contributed by atoms with Crippen molar-refractivity contribution in [2.45, 2.75) is 78.1 Å².